The Kier molecular flexibility index (Phi) is 4.42. The third-order valence-corrected chi connectivity index (χ3v) is 4.10. The number of H-pyrrole nitrogens is 1. The van der Waals surface area contributed by atoms with Crippen LogP contribution in [0, 0.1) is 6.92 Å². The van der Waals surface area contributed by atoms with Gasteiger partial charge in [-0.2, -0.15) is 0 Å². The van der Waals surface area contributed by atoms with Gasteiger partial charge in [-0.15, -0.1) is 5.10 Å². The average Bonchev–Trinajstić information content (AvgIpc) is 2.76. The maximum atomic E-state index is 4.32. The minimum atomic E-state index is 0.282. The van der Waals surface area contributed by atoms with Crippen LogP contribution in [0.25, 0.3) is 0 Å². The number of nitrogens with one attached hydrogen (secondary N) is 2. The van der Waals surface area contributed by atoms with Crippen LogP contribution in [0.1, 0.15) is 24.4 Å². The summed E-state index contributed by atoms with van der Waals surface area (Å²) in [6.07, 6.45) is 0. The molecule has 0 aliphatic carbocycles. The van der Waals surface area contributed by atoms with Crippen molar-refractivity contribution in [3.05, 3.63) is 34.1 Å². The summed E-state index contributed by atoms with van der Waals surface area (Å²) in [4.78, 5) is 5.48. The number of aryl methyl sites for hydroxylation is 1. The van der Waals surface area contributed by atoms with Crippen LogP contribution in [-0.4, -0.2) is 22.2 Å². The van der Waals surface area contributed by atoms with Gasteiger partial charge in [-0.25, -0.2) is 4.98 Å². The number of rotatable bonds is 4. The number of nitrogens with zero attached hydrogens (tertiary/aromatic N) is 2. The predicted molar refractivity (Wildman–Crippen MR) is 76.9 cm³/mol. The standard InChI is InChI=1S/C12H15BrN4S/c1-7(14-3)10-6-9(13)4-5-11(10)18-12-15-8(2)16-17-12/h4-7,14H,1-3H3,(H,15,16,17). The van der Waals surface area contributed by atoms with Crippen LogP contribution in [0.2, 0.25) is 0 Å². The van der Waals surface area contributed by atoms with Crippen molar-refractivity contribution in [2.45, 2.75) is 29.9 Å². The highest BCUT2D eigenvalue weighted by molar-refractivity contribution is 9.10. The molecule has 0 saturated carbocycles. The second-order valence-corrected chi connectivity index (χ2v) is 5.92. The summed E-state index contributed by atoms with van der Waals surface area (Å²) in [7, 11) is 1.96. The Labute approximate surface area is 119 Å². The van der Waals surface area contributed by atoms with Gasteiger partial charge in [0.25, 0.3) is 0 Å². The van der Waals surface area contributed by atoms with Gasteiger partial charge < -0.3 is 5.32 Å². The topological polar surface area (TPSA) is 53.6 Å². The largest absolute Gasteiger partial charge is 0.313 e. The van der Waals surface area contributed by atoms with Crippen molar-refractivity contribution in [3.63, 3.8) is 0 Å². The van der Waals surface area contributed by atoms with Crippen LogP contribution in [0.15, 0.2) is 32.7 Å². The molecule has 2 N–H and O–H groups in total. The molecular formula is C12H15BrN4S. The summed E-state index contributed by atoms with van der Waals surface area (Å²) >= 11 is 5.08. The molecule has 2 rings (SSSR count). The molecular weight excluding hydrogens is 312 g/mol. The van der Waals surface area contributed by atoms with E-state index in [-0.39, 0.29) is 6.04 Å². The van der Waals surface area contributed by atoms with E-state index in [2.05, 4.69) is 55.5 Å². The van der Waals surface area contributed by atoms with Gasteiger partial charge in [0.1, 0.15) is 5.82 Å². The molecule has 0 aliphatic rings. The van der Waals surface area contributed by atoms with E-state index in [0.717, 1.165) is 15.5 Å². The molecule has 0 fully saturated rings. The zero-order valence-corrected chi connectivity index (χ0v) is 12.9. The first-order valence-electron chi connectivity index (χ1n) is 5.63. The minimum absolute atomic E-state index is 0.282. The second kappa shape index (κ2) is 5.86. The second-order valence-electron chi connectivity index (χ2n) is 4.00. The van der Waals surface area contributed by atoms with Crippen molar-refractivity contribution in [2.75, 3.05) is 7.05 Å². The van der Waals surface area contributed by atoms with E-state index in [0.29, 0.717) is 0 Å². The number of hydrogen-bond donors (Lipinski definition) is 2. The molecule has 18 heavy (non-hydrogen) atoms. The van der Waals surface area contributed by atoms with Crippen molar-refractivity contribution >= 4 is 27.7 Å². The van der Waals surface area contributed by atoms with Crippen molar-refractivity contribution in [3.8, 4) is 0 Å². The SMILES string of the molecule is CNC(C)c1cc(Br)ccc1Sc1n[nH]c(C)n1. The van der Waals surface area contributed by atoms with Gasteiger partial charge in [-0.1, -0.05) is 15.9 Å². The molecule has 4 nitrogen and oxygen atoms in total. The third-order valence-electron chi connectivity index (χ3n) is 2.65. The Bertz CT molecular complexity index is 541. The lowest BCUT2D eigenvalue weighted by molar-refractivity contribution is 0.641. The zero-order chi connectivity index (χ0) is 13.1. The monoisotopic (exact) mass is 326 g/mol. The molecule has 0 aliphatic heterocycles. The van der Waals surface area contributed by atoms with Gasteiger partial charge >= 0.3 is 0 Å². The first kappa shape index (κ1) is 13.6. The molecule has 96 valence electrons. The first-order valence-corrected chi connectivity index (χ1v) is 7.24. The van der Waals surface area contributed by atoms with E-state index in [1.165, 1.54) is 10.5 Å². The summed E-state index contributed by atoms with van der Waals surface area (Å²) in [5.41, 5.74) is 1.24. The lowest BCUT2D eigenvalue weighted by Crippen LogP contribution is -2.13. The summed E-state index contributed by atoms with van der Waals surface area (Å²) in [5, 5.41) is 11.0. The molecule has 6 heteroatoms. The van der Waals surface area contributed by atoms with Crippen molar-refractivity contribution < 1.29 is 0 Å². The van der Waals surface area contributed by atoms with E-state index in [9.17, 15) is 0 Å². The van der Waals surface area contributed by atoms with Crippen LogP contribution in [-0.2, 0) is 0 Å². The maximum Gasteiger partial charge on any atom is 0.213 e. The molecule has 0 radical (unpaired) electrons. The minimum Gasteiger partial charge on any atom is -0.313 e. The van der Waals surface area contributed by atoms with E-state index in [1.807, 2.05) is 20.0 Å². The maximum absolute atomic E-state index is 4.32. The molecule has 0 saturated heterocycles. The molecule has 1 unspecified atom stereocenters. The smallest absolute Gasteiger partial charge is 0.213 e. The Balaban J connectivity index is 2.31. The van der Waals surface area contributed by atoms with Crippen LogP contribution >= 0.6 is 27.7 Å². The predicted octanol–water partition coefficient (Wildman–Crippen LogP) is 3.31. The Hall–Kier alpha value is -0.850. The highest BCUT2D eigenvalue weighted by Gasteiger charge is 2.12. The van der Waals surface area contributed by atoms with Crippen molar-refractivity contribution in [1.29, 1.82) is 0 Å². The van der Waals surface area contributed by atoms with Gasteiger partial charge in [0, 0.05) is 15.4 Å². The Morgan fingerprint density at radius 2 is 2.22 bits per heavy atom. The molecule has 1 atom stereocenters. The van der Waals surface area contributed by atoms with Crippen molar-refractivity contribution in [1.82, 2.24) is 20.5 Å². The zero-order valence-electron chi connectivity index (χ0n) is 10.5. The number of benzene rings is 1. The Morgan fingerprint density at radius 3 is 2.83 bits per heavy atom. The van der Waals surface area contributed by atoms with Crippen LogP contribution in [0.5, 0.6) is 0 Å². The van der Waals surface area contributed by atoms with Crippen LogP contribution < -0.4 is 5.32 Å². The van der Waals surface area contributed by atoms with Gasteiger partial charge in [0.15, 0.2) is 0 Å². The number of halogens is 1. The van der Waals surface area contributed by atoms with E-state index in [4.69, 9.17) is 0 Å². The van der Waals surface area contributed by atoms with Gasteiger partial charge in [-0.05, 0) is 56.4 Å². The highest BCUT2D eigenvalue weighted by Crippen LogP contribution is 2.33. The summed E-state index contributed by atoms with van der Waals surface area (Å²) in [6.45, 7) is 4.03. The summed E-state index contributed by atoms with van der Waals surface area (Å²) in [6, 6.07) is 6.53. The fraction of sp³-hybridized carbons (Fsp3) is 0.333. The molecule has 1 aromatic carbocycles. The number of aromatic amines is 1. The summed E-state index contributed by atoms with van der Waals surface area (Å²) in [5.74, 6) is 0.831. The fourth-order valence-electron chi connectivity index (χ4n) is 1.57. The number of aromatic nitrogens is 3. The van der Waals surface area contributed by atoms with E-state index in [1.54, 1.807) is 11.8 Å². The third kappa shape index (κ3) is 3.13. The molecule has 1 heterocycles. The van der Waals surface area contributed by atoms with Gasteiger partial charge in [-0.3, -0.25) is 5.10 Å². The highest BCUT2D eigenvalue weighted by atomic mass is 79.9. The van der Waals surface area contributed by atoms with Crippen molar-refractivity contribution in [2.24, 2.45) is 0 Å². The fourth-order valence-corrected chi connectivity index (χ4v) is 2.91. The normalized spacial score (nSPS) is 12.7. The van der Waals surface area contributed by atoms with E-state index >= 15 is 0 Å². The quantitative estimate of drug-likeness (QED) is 0.905. The van der Waals surface area contributed by atoms with Gasteiger partial charge in [0.05, 0.1) is 0 Å². The lowest BCUT2D eigenvalue weighted by atomic mass is 10.1. The Morgan fingerprint density at radius 1 is 1.44 bits per heavy atom. The first-order chi connectivity index (χ1) is 8.60. The molecule has 0 spiro atoms. The van der Waals surface area contributed by atoms with E-state index < -0.39 is 0 Å². The molecule has 1 aromatic heterocycles. The lowest BCUT2D eigenvalue weighted by Gasteiger charge is -2.15. The molecule has 2 aromatic rings. The summed E-state index contributed by atoms with van der Waals surface area (Å²) < 4.78 is 1.08. The number of hydrogen-bond acceptors (Lipinski definition) is 4. The van der Waals surface area contributed by atoms with Crippen LogP contribution in [0.4, 0.5) is 0 Å². The van der Waals surface area contributed by atoms with Gasteiger partial charge in [0.2, 0.25) is 5.16 Å². The average molecular weight is 327 g/mol. The molecule has 0 amide bonds. The van der Waals surface area contributed by atoms with Crippen LogP contribution in [0.3, 0.4) is 0 Å². The molecule has 0 bridgehead atoms.